The van der Waals surface area contributed by atoms with Crippen LogP contribution >= 0.6 is 0 Å². The van der Waals surface area contributed by atoms with E-state index in [1.54, 1.807) is 31.3 Å². The Hall–Kier alpha value is -3.11. The topological polar surface area (TPSA) is 92.2 Å². The van der Waals surface area contributed by atoms with E-state index in [9.17, 15) is 26.7 Å². The molecule has 2 atom stereocenters. The van der Waals surface area contributed by atoms with Gasteiger partial charge in [0.15, 0.2) is 11.1 Å². The molecule has 0 aliphatic carbocycles. The van der Waals surface area contributed by atoms with Crippen LogP contribution in [0.25, 0.3) is 11.3 Å². The lowest BCUT2D eigenvalue weighted by atomic mass is 10.0. The van der Waals surface area contributed by atoms with Gasteiger partial charge < -0.3 is 9.87 Å². The number of aromatic nitrogens is 2. The van der Waals surface area contributed by atoms with E-state index >= 15 is 0 Å². The molecule has 0 saturated heterocycles. The highest BCUT2D eigenvalue weighted by Gasteiger charge is 2.32. The number of aryl methyl sites for hydroxylation is 1. The van der Waals surface area contributed by atoms with Crippen molar-refractivity contribution in [1.29, 1.82) is 0 Å². The maximum Gasteiger partial charge on any atom is 0.433 e. The number of alkyl halides is 3. The minimum Gasteiger partial charge on any atom is -0.345 e. The number of nitrogens with one attached hydrogen (secondary N) is 1. The third kappa shape index (κ3) is 5.98. The van der Waals surface area contributed by atoms with Gasteiger partial charge in [-0.15, -0.1) is 0 Å². The van der Waals surface area contributed by atoms with Gasteiger partial charge in [-0.2, -0.15) is 13.2 Å². The van der Waals surface area contributed by atoms with Crippen LogP contribution in [-0.4, -0.2) is 24.6 Å². The molecule has 3 aromatic rings. The molecule has 2 N–H and O–H groups in total. The summed E-state index contributed by atoms with van der Waals surface area (Å²) in [6, 6.07) is 9.93. The van der Waals surface area contributed by atoms with E-state index < -0.39 is 34.9 Å². The van der Waals surface area contributed by atoms with E-state index in [2.05, 4.69) is 15.3 Å². The van der Waals surface area contributed by atoms with E-state index in [1.165, 1.54) is 12.1 Å². The summed E-state index contributed by atoms with van der Waals surface area (Å²) in [6.45, 7) is 3.51. The monoisotopic (exact) mass is 463 g/mol. The number of pyridine rings is 2. The van der Waals surface area contributed by atoms with Gasteiger partial charge in [0.25, 0.3) is 5.91 Å². The number of benzene rings is 1. The second kappa shape index (κ2) is 9.58. The van der Waals surface area contributed by atoms with Crippen LogP contribution in [-0.2, 0) is 23.0 Å². The second-order valence-electron chi connectivity index (χ2n) is 7.27. The zero-order valence-electron chi connectivity index (χ0n) is 17.2. The molecule has 3 rings (SSSR count). The normalized spacial score (nSPS) is 13.4. The SMILES string of the molecule is Cc1ccc(-c2cc(CS(=O)O)cc(C(=O)N[C@H](C)c3ccc(C(F)(F)F)nc3)c2)nc1. The molecule has 32 heavy (non-hydrogen) atoms. The van der Waals surface area contributed by atoms with Crippen molar-refractivity contribution in [3.05, 3.63) is 82.8 Å². The van der Waals surface area contributed by atoms with Crippen LogP contribution < -0.4 is 5.32 Å². The molecule has 0 fully saturated rings. The smallest absolute Gasteiger partial charge is 0.345 e. The van der Waals surface area contributed by atoms with Crippen molar-refractivity contribution in [2.75, 3.05) is 0 Å². The van der Waals surface area contributed by atoms with Gasteiger partial charge in [0.1, 0.15) is 5.69 Å². The summed E-state index contributed by atoms with van der Waals surface area (Å²) in [7, 11) is 0. The number of hydrogen-bond donors (Lipinski definition) is 2. The van der Waals surface area contributed by atoms with Crippen LogP contribution in [0.3, 0.4) is 0 Å². The maximum absolute atomic E-state index is 12.9. The van der Waals surface area contributed by atoms with Crippen molar-refractivity contribution >= 4 is 17.0 Å². The molecule has 0 aliphatic rings. The predicted molar refractivity (Wildman–Crippen MR) is 114 cm³/mol. The van der Waals surface area contributed by atoms with Crippen molar-refractivity contribution in [3.8, 4) is 11.3 Å². The first-order valence-corrected chi connectivity index (χ1v) is 10.8. The Kier molecular flexibility index (Phi) is 7.05. The van der Waals surface area contributed by atoms with Crippen LogP contribution in [0.15, 0.2) is 54.9 Å². The van der Waals surface area contributed by atoms with Gasteiger partial charge in [-0.1, -0.05) is 12.1 Å². The molecule has 0 bridgehead atoms. The Labute approximate surface area is 185 Å². The Bertz CT molecular complexity index is 1130. The van der Waals surface area contributed by atoms with Crippen molar-refractivity contribution < 1.29 is 26.7 Å². The third-order valence-corrected chi connectivity index (χ3v) is 5.26. The first-order chi connectivity index (χ1) is 15.0. The summed E-state index contributed by atoms with van der Waals surface area (Å²) in [4.78, 5) is 20.6. The summed E-state index contributed by atoms with van der Waals surface area (Å²) >= 11 is -2.11. The van der Waals surface area contributed by atoms with E-state index in [1.807, 2.05) is 13.0 Å². The maximum atomic E-state index is 12.9. The number of carbonyl (C=O) groups excluding carboxylic acids is 1. The molecule has 1 amide bonds. The van der Waals surface area contributed by atoms with Gasteiger partial charge in [-0.3, -0.25) is 14.8 Å². The van der Waals surface area contributed by atoms with Crippen molar-refractivity contribution in [3.63, 3.8) is 0 Å². The number of carbonyl (C=O) groups is 1. The van der Waals surface area contributed by atoms with Crippen LogP contribution in [0.1, 0.15) is 45.7 Å². The lowest BCUT2D eigenvalue weighted by Crippen LogP contribution is -2.27. The van der Waals surface area contributed by atoms with Crippen molar-refractivity contribution in [2.45, 2.75) is 31.8 Å². The summed E-state index contributed by atoms with van der Waals surface area (Å²) in [5.74, 6) is -0.658. The van der Waals surface area contributed by atoms with Gasteiger partial charge in [-0.05, 0) is 60.9 Å². The Balaban J connectivity index is 1.86. The van der Waals surface area contributed by atoms with E-state index in [-0.39, 0.29) is 11.3 Å². The van der Waals surface area contributed by atoms with Crippen LogP contribution in [0.4, 0.5) is 13.2 Å². The molecule has 168 valence electrons. The lowest BCUT2D eigenvalue weighted by Gasteiger charge is -2.16. The number of nitrogens with zero attached hydrogens (tertiary/aromatic N) is 2. The largest absolute Gasteiger partial charge is 0.433 e. The highest BCUT2D eigenvalue weighted by molar-refractivity contribution is 7.78. The lowest BCUT2D eigenvalue weighted by molar-refractivity contribution is -0.141. The number of rotatable bonds is 6. The van der Waals surface area contributed by atoms with Gasteiger partial charge in [-0.25, -0.2) is 4.21 Å². The first-order valence-electron chi connectivity index (χ1n) is 9.51. The molecule has 6 nitrogen and oxygen atoms in total. The van der Waals surface area contributed by atoms with Gasteiger partial charge >= 0.3 is 6.18 Å². The molecule has 0 radical (unpaired) electrons. The Morgan fingerprint density at radius 3 is 2.44 bits per heavy atom. The van der Waals surface area contributed by atoms with Gasteiger partial charge in [0.05, 0.1) is 17.5 Å². The minimum atomic E-state index is -4.54. The zero-order valence-corrected chi connectivity index (χ0v) is 18.0. The van der Waals surface area contributed by atoms with E-state index in [4.69, 9.17) is 0 Å². The van der Waals surface area contributed by atoms with Gasteiger partial charge in [0, 0.05) is 23.5 Å². The summed E-state index contributed by atoms with van der Waals surface area (Å²) < 4.78 is 58.7. The fraction of sp³-hybridized carbons (Fsp3) is 0.227. The molecule has 10 heteroatoms. The molecular weight excluding hydrogens is 443 g/mol. The molecule has 2 heterocycles. The number of halogens is 3. The average molecular weight is 463 g/mol. The number of hydrogen-bond acceptors (Lipinski definition) is 4. The standard InChI is InChI=1S/C22H20F3N3O3S/c1-13-3-5-19(26-10-13)17-7-15(12-32(30)31)8-18(9-17)21(29)28-14(2)16-4-6-20(27-11-16)22(23,24)25/h3-11,14H,12H2,1-2H3,(H,28,29)(H,30,31)/t14-/m1/s1. The predicted octanol–water partition coefficient (Wildman–Crippen LogP) is 4.68. The fourth-order valence-corrected chi connectivity index (χ4v) is 3.48. The highest BCUT2D eigenvalue weighted by Crippen LogP contribution is 2.28. The first kappa shape index (κ1) is 23.6. The van der Waals surface area contributed by atoms with E-state index in [0.717, 1.165) is 17.8 Å². The molecule has 0 aliphatic heterocycles. The van der Waals surface area contributed by atoms with Crippen molar-refractivity contribution in [2.24, 2.45) is 0 Å². The Morgan fingerprint density at radius 2 is 1.88 bits per heavy atom. The molecule has 1 aromatic carbocycles. The third-order valence-electron chi connectivity index (χ3n) is 4.68. The summed E-state index contributed by atoms with van der Waals surface area (Å²) in [5, 5.41) is 2.72. The molecular formula is C22H20F3N3O3S. The van der Waals surface area contributed by atoms with Crippen molar-refractivity contribution in [1.82, 2.24) is 15.3 Å². The quantitative estimate of drug-likeness (QED) is 0.518. The second-order valence-corrected chi connectivity index (χ2v) is 8.21. The molecule has 0 saturated carbocycles. The molecule has 2 aromatic heterocycles. The van der Waals surface area contributed by atoms with Crippen LogP contribution in [0.2, 0.25) is 0 Å². The summed E-state index contributed by atoms with van der Waals surface area (Å²) in [5.41, 5.74) is 2.24. The zero-order chi connectivity index (χ0) is 23.5. The molecule has 0 spiro atoms. The van der Waals surface area contributed by atoms with Crippen LogP contribution in [0, 0.1) is 6.92 Å². The highest BCUT2D eigenvalue weighted by atomic mass is 32.2. The number of amides is 1. The van der Waals surface area contributed by atoms with Gasteiger partial charge in [0.2, 0.25) is 0 Å². The fourth-order valence-electron chi connectivity index (χ4n) is 3.03. The molecule has 1 unspecified atom stereocenters. The van der Waals surface area contributed by atoms with Crippen LogP contribution in [0.5, 0.6) is 0 Å². The van der Waals surface area contributed by atoms with E-state index in [0.29, 0.717) is 22.4 Å². The minimum absolute atomic E-state index is 0.168. The summed E-state index contributed by atoms with van der Waals surface area (Å²) in [6.07, 6.45) is -1.80. The Morgan fingerprint density at radius 1 is 1.12 bits per heavy atom. The average Bonchev–Trinajstić information content (AvgIpc) is 2.73.